The maximum atomic E-state index is 12.9. The second-order valence-electron chi connectivity index (χ2n) is 6.60. The molecule has 0 spiro atoms. The van der Waals surface area contributed by atoms with Gasteiger partial charge in [-0.05, 0) is 56.3 Å². The van der Waals surface area contributed by atoms with Crippen LogP contribution < -0.4 is 16.1 Å². The van der Waals surface area contributed by atoms with E-state index in [0.717, 1.165) is 4.47 Å². The molecule has 1 aromatic heterocycles. The molecule has 0 unspecified atom stereocenters. The Labute approximate surface area is 180 Å². The van der Waals surface area contributed by atoms with Crippen LogP contribution in [0.3, 0.4) is 0 Å². The average Bonchev–Trinajstić information content (AvgIpc) is 2.98. The van der Waals surface area contributed by atoms with Crippen molar-refractivity contribution in [3.05, 3.63) is 63.7 Å². The van der Waals surface area contributed by atoms with Crippen molar-refractivity contribution in [2.45, 2.75) is 19.9 Å². The third-order valence-corrected chi connectivity index (χ3v) is 4.65. The molecule has 2 aromatic carbocycles. The molecule has 0 aliphatic heterocycles. The number of anilines is 1. The van der Waals surface area contributed by atoms with Crippen molar-refractivity contribution in [1.29, 1.82) is 0 Å². The van der Waals surface area contributed by atoms with Gasteiger partial charge in [0.15, 0.2) is 0 Å². The highest BCUT2D eigenvalue weighted by Crippen LogP contribution is 2.24. The van der Waals surface area contributed by atoms with Gasteiger partial charge in [-0.1, -0.05) is 33.6 Å². The highest BCUT2D eigenvalue weighted by molar-refractivity contribution is 9.10. The number of rotatable bonds is 4. The molecule has 0 bridgehead atoms. The molecule has 0 saturated carbocycles. The van der Waals surface area contributed by atoms with Crippen molar-refractivity contribution in [3.8, 4) is 0 Å². The summed E-state index contributed by atoms with van der Waals surface area (Å²) in [5.41, 5.74) is 3.72. The normalized spacial score (nSPS) is 10.8. The number of nitrogens with zero attached hydrogens (tertiary/aromatic N) is 1. The fourth-order valence-electron chi connectivity index (χ4n) is 2.72. The van der Waals surface area contributed by atoms with Crippen LogP contribution in [0.5, 0.6) is 0 Å². The van der Waals surface area contributed by atoms with E-state index in [2.05, 4.69) is 32.0 Å². The zero-order valence-electron chi connectivity index (χ0n) is 15.6. The number of hydrogen-bond donors (Lipinski definition) is 3. The number of carbonyl (C=O) groups is 3. The summed E-state index contributed by atoms with van der Waals surface area (Å²) in [5.74, 6) is -2.14. The smallest absolute Gasteiger partial charge is 0.328 e. The first-order valence-electron chi connectivity index (χ1n) is 8.74. The fourth-order valence-corrected chi connectivity index (χ4v) is 3.28. The van der Waals surface area contributed by atoms with Crippen molar-refractivity contribution in [1.82, 2.24) is 9.99 Å². The first-order chi connectivity index (χ1) is 13.7. The maximum absolute atomic E-state index is 12.9. The van der Waals surface area contributed by atoms with Gasteiger partial charge < -0.3 is 10.6 Å². The zero-order chi connectivity index (χ0) is 21.1. The van der Waals surface area contributed by atoms with Crippen molar-refractivity contribution in [2.75, 3.05) is 10.7 Å². The lowest BCUT2D eigenvalue weighted by molar-refractivity contribution is -0.137. The number of nitrogens with one attached hydrogen (secondary N) is 3. The minimum absolute atomic E-state index is 0.156. The summed E-state index contributed by atoms with van der Waals surface area (Å²) in [5, 5.41) is 6.45. The van der Waals surface area contributed by atoms with E-state index in [9.17, 15) is 14.4 Å². The molecule has 0 aliphatic carbocycles. The number of halogens is 2. The summed E-state index contributed by atoms with van der Waals surface area (Å²) in [4.78, 5) is 37.2. The second-order valence-corrected chi connectivity index (χ2v) is 7.95. The standard InChI is InChI=1S/C20H18BrClN4O3/c1-11(2)23-19(28)20(29)25-26-16-7-6-13(21)8-12(16)9-17(26)18(27)24-15-5-3-4-14(22)10-15/h3-11H,1-2H3,(H,23,28)(H,24,27)(H,25,29). The Morgan fingerprint density at radius 3 is 2.48 bits per heavy atom. The Bertz CT molecular complexity index is 1110. The number of amides is 3. The van der Waals surface area contributed by atoms with Gasteiger partial charge in [0.05, 0.1) is 5.52 Å². The Morgan fingerprint density at radius 1 is 1.03 bits per heavy atom. The highest BCUT2D eigenvalue weighted by atomic mass is 79.9. The van der Waals surface area contributed by atoms with E-state index in [1.165, 1.54) is 4.68 Å². The van der Waals surface area contributed by atoms with Crippen molar-refractivity contribution < 1.29 is 14.4 Å². The van der Waals surface area contributed by atoms with Crippen LogP contribution in [0.2, 0.25) is 5.02 Å². The largest absolute Gasteiger partial charge is 0.346 e. The summed E-state index contributed by atoms with van der Waals surface area (Å²) in [6.45, 7) is 3.50. The number of hydrogen-bond acceptors (Lipinski definition) is 3. The van der Waals surface area contributed by atoms with Gasteiger partial charge in [0.2, 0.25) is 0 Å². The lowest BCUT2D eigenvalue weighted by Gasteiger charge is -2.13. The van der Waals surface area contributed by atoms with Crippen LogP contribution in [-0.4, -0.2) is 28.4 Å². The van der Waals surface area contributed by atoms with Gasteiger partial charge in [-0.25, -0.2) is 4.68 Å². The van der Waals surface area contributed by atoms with Gasteiger partial charge in [0.1, 0.15) is 5.69 Å². The molecule has 3 rings (SSSR count). The van der Waals surface area contributed by atoms with E-state index in [-0.39, 0.29) is 11.7 Å². The zero-order valence-corrected chi connectivity index (χ0v) is 18.0. The molecule has 0 saturated heterocycles. The molecule has 0 aliphatic rings. The minimum Gasteiger partial charge on any atom is -0.346 e. The first-order valence-corrected chi connectivity index (χ1v) is 9.91. The predicted octanol–water partition coefficient (Wildman–Crippen LogP) is 3.90. The van der Waals surface area contributed by atoms with Gasteiger partial charge in [0, 0.05) is 26.6 Å². The van der Waals surface area contributed by atoms with Crippen LogP contribution in [0.25, 0.3) is 10.9 Å². The molecular formula is C20H18BrClN4O3. The van der Waals surface area contributed by atoms with Crippen molar-refractivity contribution in [3.63, 3.8) is 0 Å². The Hall–Kier alpha value is -2.84. The minimum atomic E-state index is -0.879. The molecule has 150 valence electrons. The molecule has 1 heterocycles. The third-order valence-electron chi connectivity index (χ3n) is 3.92. The third kappa shape index (κ3) is 4.96. The van der Waals surface area contributed by atoms with Crippen LogP contribution in [-0.2, 0) is 9.59 Å². The molecule has 0 atom stereocenters. The summed E-state index contributed by atoms with van der Waals surface area (Å²) < 4.78 is 2.11. The lowest BCUT2D eigenvalue weighted by Crippen LogP contribution is -2.42. The number of aromatic nitrogens is 1. The van der Waals surface area contributed by atoms with E-state index in [1.54, 1.807) is 56.3 Å². The molecule has 3 amide bonds. The molecule has 9 heteroatoms. The topological polar surface area (TPSA) is 92.2 Å². The Balaban J connectivity index is 1.97. The van der Waals surface area contributed by atoms with Gasteiger partial charge in [0.25, 0.3) is 5.91 Å². The van der Waals surface area contributed by atoms with E-state index >= 15 is 0 Å². The molecule has 7 nitrogen and oxygen atoms in total. The number of carbonyl (C=O) groups excluding carboxylic acids is 3. The van der Waals surface area contributed by atoms with E-state index in [4.69, 9.17) is 11.6 Å². The molecule has 3 aromatic rings. The van der Waals surface area contributed by atoms with Crippen molar-refractivity contribution >= 4 is 61.8 Å². The molecular weight excluding hydrogens is 460 g/mol. The Kier molecular flexibility index (Phi) is 6.24. The molecule has 29 heavy (non-hydrogen) atoms. The van der Waals surface area contributed by atoms with E-state index in [0.29, 0.717) is 21.6 Å². The van der Waals surface area contributed by atoms with Gasteiger partial charge in [-0.3, -0.25) is 19.8 Å². The van der Waals surface area contributed by atoms with Crippen LogP contribution >= 0.6 is 27.5 Å². The molecule has 0 fully saturated rings. The van der Waals surface area contributed by atoms with Crippen LogP contribution in [0.15, 0.2) is 53.0 Å². The quantitative estimate of drug-likeness (QED) is 0.498. The summed E-state index contributed by atoms with van der Waals surface area (Å²) in [6, 6.07) is 13.5. The molecule has 0 radical (unpaired) electrons. The maximum Gasteiger partial charge on any atom is 0.328 e. The van der Waals surface area contributed by atoms with Crippen LogP contribution in [0.4, 0.5) is 5.69 Å². The van der Waals surface area contributed by atoms with Crippen LogP contribution in [0.1, 0.15) is 24.3 Å². The van der Waals surface area contributed by atoms with Crippen LogP contribution in [0, 0.1) is 0 Å². The van der Waals surface area contributed by atoms with Crippen molar-refractivity contribution in [2.24, 2.45) is 0 Å². The van der Waals surface area contributed by atoms with E-state index < -0.39 is 17.7 Å². The van der Waals surface area contributed by atoms with Gasteiger partial charge in [-0.15, -0.1) is 0 Å². The first kappa shape index (κ1) is 20.9. The second kappa shape index (κ2) is 8.67. The predicted molar refractivity (Wildman–Crippen MR) is 117 cm³/mol. The highest BCUT2D eigenvalue weighted by Gasteiger charge is 2.21. The summed E-state index contributed by atoms with van der Waals surface area (Å²) in [6.07, 6.45) is 0. The van der Waals surface area contributed by atoms with Gasteiger partial charge in [-0.2, -0.15) is 0 Å². The lowest BCUT2D eigenvalue weighted by atomic mass is 10.2. The van der Waals surface area contributed by atoms with E-state index in [1.807, 2.05) is 6.07 Å². The SMILES string of the molecule is CC(C)NC(=O)C(=O)Nn1c(C(=O)Nc2cccc(Cl)c2)cc2cc(Br)ccc21. The Morgan fingerprint density at radius 2 is 1.79 bits per heavy atom. The van der Waals surface area contributed by atoms with Gasteiger partial charge >= 0.3 is 11.8 Å². The fraction of sp³-hybridized carbons (Fsp3) is 0.150. The summed E-state index contributed by atoms with van der Waals surface area (Å²) >= 11 is 9.36. The molecule has 3 N–H and O–H groups in total. The monoisotopic (exact) mass is 476 g/mol. The number of fused-ring (bicyclic) bond motifs is 1. The summed E-state index contributed by atoms with van der Waals surface area (Å²) in [7, 11) is 0. The number of benzene rings is 2. The average molecular weight is 478 g/mol.